The summed E-state index contributed by atoms with van der Waals surface area (Å²) in [6, 6.07) is 17.5. The number of aliphatic hydroxyl groups excluding tert-OH is 1. The summed E-state index contributed by atoms with van der Waals surface area (Å²) in [5.74, 6) is 1.96. The van der Waals surface area contributed by atoms with Crippen molar-refractivity contribution in [3.63, 3.8) is 0 Å². The Kier molecular flexibility index (Phi) is 5.39. The van der Waals surface area contributed by atoms with Crippen LogP contribution in [0.25, 0.3) is 11.1 Å². The monoisotopic (exact) mass is 350 g/mol. The van der Waals surface area contributed by atoms with Gasteiger partial charge in [-0.3, -0.25) is 0 Å². The van der Waals surface area contributed by atoms with Gasteiger partial charge in [0, 0.05) is 19.7 Å². The van der Waals surface area contributed by atoms with E-state index in [-0.39, 0.29) is 6.61 Å². The Morgan fingerprint density at radius 1 is 1.04 bits per heavy atom. The maximum atomic E-state index is 9.72. The van der Waals surface area contributed by atoms with Gasteiger partial charge < -0.3 is 15.7 Å². The second kappa shape index (κ2) is 7.91. The van der Waals surface area contributed by atoms with Crippen molar-refractivity contribution in [3.8, 4) is 11.1 Å². The predicted octanol–water partition coefficient (Wildman–Crippen LogP) is 3.62. The van der Waals surface area contributed by atoms with Crippen molar-refractivity contribution >= 4 is 0 Å². The molecule has 3 heterocycles. The van der Waals surface area contributed by atoms with Crippen LogP contribution in [0.1, 0.15) is 36.3 Å². The Labute approximate surface area is 156 Å². The molecule has 0 saturated carbocycles. The molecule has 3 fully saturated rings. The van der Waals surface area contributed by atoms with Crippen molar-refractivity contribution in [1.82, 2.24) is 4.90 Å². The highest BCUT2D eigenvalue weighted by molar-refractivity contribution is 5.64. The van der Waals surface area contributed by atoms with Crippen molar-refractivity contribution in [1.29, 1.82) is 0 Å². The van der Waals surface area contributed by atoms with Gasteiger partial charge in [0.25, 0.3) is 0 Å². The van der Waals surface area contributed by atoms with Crippen molar-refractivity contribution < 1.29 is 5.11 Å². The summed E-state index contributed by atoms with van der Waals surface area (Å²) in [4.78, 5) is 2.62. The Morgan fingerprint density at radius 2 is 1.81 bits per heavy atom. The van der Waals surface area contributed by atoms with Crippen molar-refractivity contribution in [2.45, 2.75) is 31.7 Å². The molecule has 3 aliphatic heterocycles. The Hall–Kier alpha value is -1.68. The summed E-state index contributed by atoms with van der Waals surface area (Å²) in [6.07, 6.45) is 3.52. The molecule has 2 bridgehead atoms. The van der Waals surface area contributed by atoms with Gasteiger partial charge in [-0.15, -0.1) is 0 Å². The summed E-state index contributed by atoms with van der Waals surface area (Å²) in [5.41, 5.74) is 10.8. The maximum absolute atomic E-state index is 9.72. The van der Waals surface area contributed by atoms with Crippen molar-refractivity contribution in [2.75, 3.05) is 26.2 Å². The Balaban J connectivity index is 1.62. The number of hydrogen-bond donors (Lipinski definition) is 2. The second-order valence-electron chi connectivity index (χ2n) is 7.95. The van der Waals surface area contributed by atoms with Crippen LogP contribution in [0.4, 0.5) is 0 Å². The van der Waals surface area contributed by atoms with Crippen LogP contribution in [0.2, 0.25) is 0 Å². The van der Waals surface area contributed by atoms with Gasteiger partial charge >= 0.3 is 0 Å². The number of rotatable bonds is 6. The molecule has 3 N–H and O–H groups in total. The molecule has 2 atom stereocenters. The van der Waals surface area contributed by atoms with Gasteiger partial charge in [-0.1, -0.05) is 48.5 Å². The summed E-state index contributed by atoms with van der Waals surface area (Å²) in [7, 11) is 0. The zero-order valence-corrected chi connectivity index (χ0v) is 15.5. The van der Waals surface area contributed by atoms with E-state index in [9.17, 15) is 5.11 Å². The molecule has 3 aliphatic rings. The lowest BCUT2D eigenvalue weighted by molar-refractivity contribution is 0.0318. The smallest absolute Gasteiger partial charge is 0.0436 e. The van der Waals surface area contributed by atoms with E-state index in [2.05, 4.69) is 53.4 Å². The summed E-state index contributed by atoms with van der Waals surface area (Å²) >= 11 is 0. The summed E-state index contributed by atoms with van der Waals surface area (Å²) in [6.45, 7) is 4.58. The molecule has 3 nitrogen and oxygen atoms in total. The molecule has 5 rings (SSSR count). The largest absolute Gasteiger partial charge is 0.396 e. The molecule has 26 heavy (non-hydrogen) atoms. The molecule has 3 saturated heterocycles. The minimum Gasteiger partial charge on any atom is -0.396 e. The van der Waals surface area contributed by atoms with Gasteiger partial charge in [0.05, 0.1) is 0 Å². The normalized spacial score (nSPS) is 26.0. The fourth-order valence-electron chi connectivity index (χ4n) is 5.02. The number of nitrogens with two attached hydrogens (primary N) is 1. The van der Waals surface area contributed by atoms with Crippen LogP contribution in [0, 0.1) is 11.8 Å². The van der Waals surface area contributed by atoms with Crippen LogP contribution in [0.15, 0.2) is 48.5 Å². The quantitative estimate of drug-likeness (QED) is 0.836. The summed E-state index contributed by atoms with van der Waals surface area (Å²) in [5, 5.41) is 9.72. The van der Waals surface area contributed by atoms with Crippen LogP contribution in [0.5, 0.6) is 0 Å². The van der Waals surface area contributed by atoms with Crippen molar-refractivity contribution in [3.05, 3.63) is 59.7 Å². The van der Waals surface area contributed by atoms with Crippen LogP contribution in [-0.2, 0) is 6.54 Å². The van der Waals surface area contributed by atoms with Crippen LogP contribution >= 0.6 is 0 Å². The average Bonchev–Trinajstić information content (AvgIpc) is 2.73. The minimum atomic E-state index is 0.267. The fraction of sp³-hybridized carbons (Fsp3) is 0.478. The molecular weight excluding hydrogens is 320 g/mol. The fourth-order valence-corrected chi connectivity index (χ4v) is 5.02. The second-order valence-corrected chi connectivity index (χ2v) is 7.95. The van der Waals surface area contributed by atoms with E-state index in [4.69, 9.17) is 5.73 Å². The van der Waals surface area contributed by atoms with E-state index in [1.165, 1.54) is 49.2 Å². The molecule has 2 aromatic carbocycles. The third-order valence-electron chi connectivity index (χ3n) is 6.50. The summed E-state index contributed by atoms with van der Waals surface area (Å²) < 4.78 is 0. The molecule has 2 unspecified atom stereocenters. The number of hydrogen-bond acceptors (Lipinski definition) is 3. The topological polar surface area (TPSA) is 49.5 Å². The standard InChI is InChI=1S/C23H30N2O/c24-15-17-4-6-18(7-5-17)20-2-1-3-21(14-20)22(10-13-26)23-16-25-11-8-19(23)9-12-25/h1-7,14,19,22-23,26H,8-13,15-16,24H2. The van der Waals surface area contributed by atoms with Crippen LogP contribution in [-0.4, -0.2) is 36.2 Å². The highest BCUT2D eigenvalue weighted by Crippen LogP contribution is 2.43. The molecular formula is C23H30N2O. The maximum Gasteiger partial charge on any atom is 0.0436 e. The Bertz CT molecular complexity index is 719. The third-order valence-corrected chi connectivity index (χ3v) is 6.50. The van der Waals surface area contributed by atoms with Crippen LogP contribution < -0.4 is 5.73 Å². The lowest BCUT2D eigenvalue weighted by atomic mass is 9.69. The lowest BCUT2D eigenvalue weighted by Crippen LogP contribution is -2.49. The van der Waals surface area contributed by atoms with Gasteiger partial charge in [0.15, 0.2) is 0 Å². The Morgan fingerprint density at radius 3 is 2.42 bits per heavy atom. The number of aliphatic hydroxyl groups is 1. The van der Waals surface area contributed by atoms with Gasteiger partial charge in [-0.25, -0.2) is 0 Å². The molecule has 3 heteroatoms. The van der Waals surface area contributed by atoms with Crippen LogP contribution in [0.3, 0.4) is 0 Å². The molecule has 138 valence electrons. The number of nitrogens with zero attached hydrogens (tertiary/aromatic N) is 1. The first-order chi connectivity index (χ1) is 12.8. The average molecular weight is 351 g/mol. The molecule has 0 aromatic heterocycles. The molecule has 2 aromatic rings. The number of piperidine rings is 3. The van der Waals surface area contributed by atoms with E-state index in [1.807, 2.05) is 0 Å². The first kappa shape index (κ1) is 17.7. The molecule has 0 amide bonds. The SMILES string of the molecule is NCc1ccc(-c2cccc(C(CCO)C3CN4CCC3CC4)c2)cc1. The van der Waals surface area contributed by atoms with Gasteiger partial charge in [-0.05, 0) is 72.4 Å². The van der Waals surface area contributed by atoms with Gasteiger partial charge in [0.1, 0.15) is 0 Å². The molecule has 0 aliphatic carbocycles. The lowest BCUT2D eigenvalue weighted by Gasteiger charge is -2.48. The van der Waals surface area contributed by atoms with E-state index < -0.39 is 0 Å². The van der Waals surface area contributed by atoms with E-state index in [1.54, 1.807) is 0 Å². The van der Waals surface area contributed by atoms with Crippen molar-refractivity contribution in [2.24, 2.45) is 17.6 Å². The van der Waals surface area contributed by atoms with Gasteiger partial charge in [0.2, 0.25) is 0 Å². The highest BCUT2D eigenvalue weighted by atomic mass is 16.3. The zero-order chi connectivity index (χ0) is 17.9. The van der Waals surface area contributed by atoms with Gasteiger partial charge in [-0.2, -0.15) is 0 Å². The van der Waals surface area contributed by atoms with E-state index >= 15 is 0 Å². The minimum absolute atomic E-state index is 0.267. The van der Waals surface area contributed by atoms with E-state index in [0.29, 0.717) is 18.4 Å². The predicted molar refractivity (Wildman–Crippen MR) is 107 cm³/mol. The first-order valence-corrected chi connectivity index (χ1v) is 10.0. The zero-order valence-electron chi connectivity index (χ0n) is 15.5. The number of fused-ring (bicyclic) bond motifs is 3. The third kappa shape index (κ3) is 3.57. The molecule has 0 spiro atoms. The molecule has 0 radical (unpaired) electrons. The highest BCUT2D eigenvalue weighted by Gasteiger charge is 2.38. The number of benzene rings is 2. The first-order valence-electron chi connectivity index (χ1n) is 10.0. The van der Waals surface area contributed by atoms with E-state index in [0.717, 1.165) is 17.9 Å².